The lowest BCUT2D eigenvalue weighted by molar-refractivity contribution is -0.0250. The van der Waals surface area contributed by atoms with Crippen LogP contribution in [0.2, 0.25) is 0 Å². The van der Waals surface area contributed by atoms with Gasteiger partial charge in [-0.25, -0.2) is 0 Å². The number of hydrogen-bond donors (Lipinski definition) is 1. The monoisotopic (exact) mass is 210 g/mol. The second-order valence-electron chi connectivity index (χ2n) is 5.69. The fourth-order valence-corrected chi connectivity index (χ4v) is 3.17. The predicted octanol–water partition coefficient (Wildman–Crippen LogP) is 2.39. The molecule has 0 aromatic carbocycles. The number of hydrogen-bond acceptors (Lipinski definition) is 2. The van der Waals surface area contributed by atoms with E-state index in [-0.39, 0.29) is 0 Å². The van der Waals surface area contributed by atoms with Crippen molar-refractivity contribution >= 4 is 0 Å². The molecule has 0 bridgehead atoms. The third-order valence-corrected chi connectivity index (χ3v) is 4.87. The molecule has 1 saturated heterocycles. The summed E-state index contributed by atoms with van der Waals surface area (Å²) in [6, 6.07) is 0. The highest BCUT2D eigenvalue weighted by Crippen LogP contribution is 2.41. The Morgan fingerprint density at radius 1 is 1.20 bits per heavy atom. The molecule has 88 valence electrons. The van der Waals surface area contributed by atoms with Crippen molar-refractivity contribution in [2.24, 2.45) is 0 Å². The minimum Gasteiger partial charge on any atom is -0.309 e. The molecule has 15 heavy (non-hydrogen) atoms. The van der Waals surface area contributed by atoms with Crippen LogP contribution in [0.15, 0.2) is 0 Å². The molecule has 1 saturated carbocycles. The molecule has 2 nitrogen and oxygen atoms in total. The third kappa shape index (κ3) is 1.94. The lowest BCUT2D eigenvalue weighted by atomic mass is 9.72. The molecule has 2 fully saturated rings. The van der Waals surface area contributed by atoms with Crippen LogP contribution < -0.4 is 5.32 Å². The molecule has 1 aliphatic heterocycles. The molecular weight excluding hydrogens is 184 g/mol. The van der Waals surface area contributed by atoms with Gasteiger partial charge in [-0.05, 0) is 39.0 Å². The fourth-order valence-electron chi connectivity index (χ4n) is 3.17. The average molecular weight is 210 g/mol. The number of piperazine rings is 1. The minimum atomic E-state index is 0.357. The van der Waals surface area contributed by atoms with Crippen molar-refractivity contribution < 1.29 is 0 Å². The Morgan fingerprint density at radius 2 is 1.93 bits per heavy atom. The van der Waals surface area contributed by atoms with Crippen molar-refractivity contribution in [3.63, 3.8) is 0 Å². The van der Waals surface area contributed by atoms with Gasteiger partial charge in [-0.1, -0.05) is 13.8 Å². The van der Waals surface area contributed by atoms with Crippen LogP contribution in [0.1, 0.15) is 52.9 Å². The van der Waals surface area contributed by atoms with Crippen molar-refractivity contribution in [1.82, 2.24) is 10.2 Å². The molecule has 2 rings (SSSR count). The van der Waals surface area contributed by atoms with E-state index in [1.807, 2.05) is 0 Å². The summed E-state index contributed by atoms with van der Waals surface area (Å²) in [5.41, 5.74) is 0.939. The summed E-state index contributed by atoms with van der Waals surface area (Å²) in [5.74, 6) is 0. The molecule has 0 amide bonds. The first-order valence-corrected chi connectivity index (χ1v) is 6.64. The van der Waals surface area contributed by atoms with Crippen LogP contribution in [0.25, 0.3) is 0 Å². The smallest absolute Gasteiger partial charge is 0.0278 e. The van der Waals surface area contributed by atoms with E-state index < -0.39 is 0 Å². The van der Waals surface area contributed by atoms with Gasteiger partial charge < -0.3 is 5.32 Å². The SMILES string of the molecule is CCC1(C)CN(C2(CC)CCC2)CCN1. The standard InChI is InChI=1S/C13H26N2/c1-4-12(3)11-15(10-9-14-12)13(5-2)7-6-8-13/h14H,4-11H2,1-3H3. The number of nitrogens with zero attached hydrogens (tertiary/aromatic N) is 1. The van der Waals surface area contributed by atoms with Crippen molar-refractivity contribution in [3.8, 4) is 0 Å². The Balaban J connectivity index is 2.03. The maximum atomic E-state index is 3.68. The maximum absolute atomic E-state index is 3.68. The lowest BCUT2D eigenvalue weighted by Gasteiger charge is -2.55. The Kier molecular flexibility index (Phi) is 3.09. The first-order chi connectivity index (χ1) is 7.14. The summed E-state index contributed by atoms with van der Waals surface area (Å²) >= 11 is 0. The summed E-state index contributed by atoms with van der Waals surface area (Å²) in [6.45, 7) is 10.7. The van der Waals surface area contributed by atoms with Crippen molar-refractivity contribution in [3.05, 3.63) is 0 Å². The molecule has 0 aromatic rings. The van der Waals surface area contributed by atoms with E-state index in [0.717, 1.165) is 0 Å². The van der Waals surface area contributed by atoms with Gasteiger partial charge in [0.15, 0.2) is 0 Å². The molecule has 0 spiro atoms. The van der Waals surface area contributed by atoms with Gasteiger partial charge in [-0.15, -0.1) is 0 Å². The van der Waals surface area contributed by atoms with Crippen molar-refractivity contribution in [2.75, 3.05) is 19.6 Å². The van der Waals surface area contributed by atoms with E-state index in [9.17, 15) is 0 Å². The largest absolute Gasteiger partial charge is 0.309 e. The van der Waals surface area contributed by atoms with Gasteiger partial charge in [0.1, 0.15) is 0 Å². The zero-order chi connectivity index (χ0) is 10.9. The van der Waals surface area contributed by atoms with Crippen LogP contribution in [0.4, 0.5) is 0 Å². The van der Waals surface area contributed by atoms with Crippen LogP contribution in [0.5, 0.6) is 0 Å². The zero-order valence-electron chi connectivity index (χ0n) is 10.6. The topological polar surface area (TPSA) is 15.3 Å². The fraction of sp³-hybridized carbons (Fsp3) is 1.00. The summed E-state index contributed by atoms with van der Waals surface area (Å²) < 4.78 is 0. The molecule has 1 heterocycles. The second kappa shape index (κ2) is 4.06. The quantitative estimate of drug-likeness (QED) is 0.769. The number of rotatable bonds is 3. The molecule has 0 radical (unpaired) electrons. The lowest BCUT2D eigenvalue weighted by Crippen LogP contribution is -2.66. The van der Waals surface area contributed by atoms with Gasteiger partial charge in [0.25, 0.3) is 0 Å². The van der Waals surface area contributed by atoms with Crippen LogP contribution in [0.3, 0.4) is 0 Å². The van der Waals surface area contributed by atoms with Crippen LogP contribution >= 0.6 is 0 Å². The predicted molar refractivity (Wildman–Crippen MR) is 65.1 cm³/mol. The van der Waals surface area contributed by atoms with Gasteiger partial charge >= 0.3 is 0 Å². The van der Waals surface area contributed by atoms with Gasteiger partial charge in [-0.3, -0.25) is 4.90 Å². The zero-order valence-corrected chi connectivity index (χ0v) is 10.6. The van der Waals surface area contributed by atoms with E-state index in [1.165, 1.54) is 51.7 Å². The summed E-state index contributed by atoms with van der Waals surface area (Å²) in [5, 5.41) is 3.68. The first-order valence-electron chi connectivity index (χ1n) is 6.64. The van der Waals surface area contributed by atoms with Gasteiger partial charge in [0.2, 0.25) is 0 Å². The second-order valence-corrected chi connectivity index (χ2v) is 5.69. The minimum absolute atomic E-state index is 0.357. The highest BCUT2D eigenvalue weighted by molar-refractivity contribution is 5.02. The molecule has 2 aliphatic rings. The van der Waals surface area contributed by atoms with Gasteiger partial charge in [-0.2, -0.15) is 0 Å². The molecular formula is C13H26N2. The van der Waals surface area contributed by atoms with E-state index in [2.05, 4.69) is 31.0 Å². The first kappa shape index (κ1) is 11.4. The van der Waals surface area contributed by atoms with Crippen molar-refractivity contribution in [2.45, 2.75) is 64.0 Å². The summed E-state index contributed by atoms with van der Waals surface area (Å²) in [7, 11) is 0. The summed E-state index contributed by atoms with van der Waals surface area (Å²) in [6.07, 6.45) is 6.89. The highest BCUT2D eigenvalue weighted by atomic mass is 15.3. The third-order valence-electron chi connectivity index (χ3n) is 4.87. The average Bonchev–Trinajstić information content (AvgIpc) is 2.17. The van der Waals surface area contributed by atoms with Gasteiger partial charge in [0, 0.05) is 30.7 Å². The van der Waals surface area contributed by atoms with E-state index in [4.69, 9.17) is 0 Å². The molecule has 2 heteroatoms. The van der Waals surface area contributed by atoms with Gasteiger partial charge in [0.05, 0.1) is 0 Å². The molecule has 1 unspecified atom stereocenters. The maximum Gasteiger partial charge on any atom is 0.0278 e. The van der Waals surface area contributed by atoms with E-state index in [1.54, 1.807) is 0 Å². The molecule has 1 aliphatic carbocycles. The number of nitrogens with one attached hydrogen (secondary N) is 1. The summed E-state index contributed by atoms with van der Waals surface area (Å²) in [4.78, 5) is 2.77. The Hall–Kier alpha value is -0.0800. The molecule has 1 N–H and O–H groups in total. The van der Waals surface area contributed by atoms with Crippen molar-refractivity contribution in [1.29, 1.82) is 0 Å². The Morgan fingerprint density at radius 3 is 2.40 bits per heavy atom. The Labute approximate surface area is 94.4 Å². The normalized spacial score (nSPS) is 36.2. The highest BCUT2D eigenvalue weighted by Gasteiger charge is 2.44. The van der Waals surface area contributed by atoms with E-state index >= 15 is 0 Å². The van der Waals surface area contributed by atoms with Crippen LogP contribution in [-0.4, -0.2) is 35.6 Å². The van der Waals surface area contributed by atoms with Crippen LogP contribution in [0, 0.1) is 0 Å². The Bertz CT molecular complexity index is 217. The van der Waals surface area contributed by atoms with E-state index in [0.29, 0.717) is 11.1 Å². The van der Waals surface area contributed by atoms with Crippen LogP contribution in [-0.2, 0) is 0 Å². The molecule has 1 atom stereocenters. The molecule has 0 aromatic heterocycles.